The van der Waals surface area contributed by atoms with Crippen LogP contribution >= 0.6 is 0 Å². The molecule has 0 amide bonds. The third kappa shape index (κ3) is 1.31. The van der Waals surface area contributed by atoms with E-state index in [0.29, 0.717) is 11.8 Å². The lowest BCUT2D eigenvalue weighted by atomic mass is 9.78. The van der Waals surface area contributed by atoms with Gasteiger partial charge in [-0.15, -0.1) is 0 Å². The van der Waals surface area contributed by atoms with Crippen molar-refractivity contribution in [1.29, 1.82) is 0 Å². The van der Waals surface area contributed by atoms with Gasteiger partial charge in [-0.25, -0.2) is 0 Å². The number of hydrogen-bond donors (Lipinski definition) is 0. The summed E-state index contributed by atoms with van der Waals surface area (Å²) in [4.78, 5) is 0. The third-order valence-electron chi connectivity index (χ3n) is 4.88. The number of ether oxygens (including phenoxy) is 1. The van der Waals surface area contributed by atoms with Crippen LogP contribution in [0.15, 0.2) is 12.1 Å². The zero-order valence-electron chi connectivity index (χ0n) is 11.3. The molecule has 0 bridgehead atoms. The summed E-state index contributed by atoms with van der Waals surface area (Å²) in [6.45, 7) is 9.04. The van der Waals surface area contributed by atoms with E-state index in [1.165, 1.54) is 41.7 Å². The van der Waals surface area contributed by atoms with E-state index < -0.39 is 0 Å². The highest BCUT2D eigenvalue weighted by Crippen LogP contribution is 2.58. The van der Waals surface area contributed by atoms with Crippen LogP contribution in [0.4, 0.5) is 0 Å². The van der Waals surface area contributed by atoms with Crippen molar-refractivity contribution in [2.75, 3.05) is 0 Å². The Morgan fingerprint density at radius 1 is 1.24 bits per heavy atom. The lowest BCUT2D eigenvalue weighted by Crippen LogP contribution is -2.39. The Labute approximate surface area is 104 Å². The Morgan fingerprint density at radius 3 is 2.65 bits per heavy atom. The Hall–Kier alpha value is -0.980. The summed E-state index contributed by atoms with van der Waals surface area (Å²) >= 11 is 0. The van der Waals surface area contributed by atoms with Crippen molar-refractivity contribution in [2.45, 2.75) is 58.5 Å². The highest BCUT2D eigenvalue weighted by Gasteiger charge is 2.54. The van der Waals surface area contributed by atoms with Gasteiger partial charge in [0.1, 0.15) is 11.4 Å². The molecule has 1 nitrogen and oxygen atoms in total. The number of aryl methyl sites for hydroxylation is 2. The summed E-state index contributed by atoms with van der Waals surface area (Å²) in [6, 6.07) is 4.45. The van der Waals surface area contributed by atoms with Gasteiger partial charge in [0.25, 0.3) is 0 Å². The maximum Gasteiger partial charge on any atom is 0.126 e. The second kappa shape index (κ2) is 3.51. The molecule has 1 saturated carbocycles. The number of fused-ring (bicyclic) bond motifs is 3. The van der Waals surface area contributed by atoms with E-state index in [1.807, 2.05) is 0 Å². The predicted molar refractivity (Wildman–Crippen MR) is 70.7 cm³/mol. The Morgan fingerprint density at radius 2 is 1.94 bits per heavy atom. The maximum atomic E-state index is 6.49. The fraction of sp³-hybridized carbons (Fsp3) is 0.625. The fourth-order valence-electron chi connectivity index (χ4n) is 3.89. The van der Waals surface area contributed by atoms with Gasteiger partial charge < -0.3 is 4.74 Å². The van der Waals surface area contributed by atoms with E-state index in [2.05, 4.69) is 39.8 Å². The lowest BCUT2D eigenvalue weighted by Gasteiger charge is -2.33. The molecule has 0 N–H and O–H groups in total. The summed E-state index contributed by atoms with van der Waals surface area (Å²) in [5.41, 5.74) is 4.33. The smallest absolute Gasteiger partial charge is 0.126 e. The van der Waals surface area contributed by atoms with Gasteiger partial charge >= 0.3 is 0 Å². The molecule has 1 heteroatoms. The molecule has 0 aromatic heterocycles. The summed E-state index contributed by atoms with van der Waals surface area (Å²) < 4.78 is 6.49. The molecule has 1 fully saturated rings. The van der Waals surface area contributed by atoms with Crippen LogP contribution in [0.25, 0.3) is 0 Å². The zero-order valence-corrected chi connectivity index (χ0v) is 11.3. The van der Waals surface area contributed by atoms with Crippen LogP contribution in [0.1, 0.15) is 55.7 Å². The van der Waals surface area contributed by atoms with Crippen molar-refractivity contribution in [2.24, 2.45) is 5.92 Å². The van der Waals surface area contributed by atoms with Crippen LogP contribution in [-0.2, 0) is 0 Å². The lowest BCUT2D eigenvalue weighted by molar-refractivity contribution is 0.0361. The number of hydrogen-bond acceptors (Lipinski definition) is 1. The van der Waals surface area contributed by atoms with Crippen LogP contribution in [0, 0.1) is 19.8 Å². The minimum atomic E-state index is 0.0964. The van der Waals surface area contributed by atoms with Crippen molar-refractivity contribution >= 4 is 0 Å². The molecule has 2 aliphatic rings. The molecule has 0 spiro atoms. The number of rotatable bonds is 1. The zero-order chi connectivity index (χ0) is 12.2. The fourth-order valence-corrected chi connectivity index (χ4v) is 3.89. The van der Waals surface area contributed by atoms with Crippen molar-refractivity contribution in [3.05, 3.63) is 28.8 Å². The van der Waals surface area contributed by atoms with Crippen molar-refractivity contribution in [3.8, 4) is 5.75 Å². The van der Waals surface area contributed by atoms with Crippen molar-refractivity contribution in [1.82, 2.24) is 0 Å². The molecule has 1 aliphatic heterocycles. The quantitative estimate of drug-likeness (QED) is 0.696. The molecule has 2 atom stereocenters. The van der Waals surface area contributed by atoms with Gasteiger partial charge in [-0.1, -0.05) is 26.0 Å². The Kier molecular flexibility index (Phi) is 2.30. The molecule has 1 heterocycles. The molecular weight excluding hydrogens is 208 g/mol. The van der Waals surface area contributed by atoms with Crippen LogP contribution in [0.5, 0.6) is 5.75 Å². The van der Waals surface area contributed by atoms with E-state index in [0.717, 1.165) is 0 Å². The Bertz CT molecular complexity index is 461. The van der Waals surface area contributed by atoms with Gasteiger partial charge in [0, 0.05) is 11.5 Å². The summed E-state index contributed by atoms with van der Waals surface area (Å²) in [5.74, 6) is 2.43. The highest BCUT2D eigenvalue weighted by atomic mass is 16.5. The first kappa shape index (κ1) is 11.1. The summed E-state index contributed by atoms with van der Waals surface area (Å²) in [5, 5.41) is 0. The predicted octanol–water partition coefficient (Wildman–Crippen LogP) is 4.36. The molecular formula is C16H22O. The normalized spacial score (nSPS) is 30.3. The first-order valence-electron chi connectivity index (χ1n) is 6.85. The van der Waals surface area contributed by atoms with Crippen molar-refractivity contribution in [3.63, 3.8) is 0 Å². The van der Waals surface area contributed by atoms with E-state index in [4.69, 9.17) is 4.74 Å². The van der Waals surface area contributed by atoms with E-state index in [-0.39, 0.29) is 5.60 Å². The first-order chi connectivity index (χ1) is 8.06. The van der Waals surface area contributed by atoms with E-state index >= 15 is 0 Å². The third-order valence-corrected chi connectivity index (χ3v) is 4.88. The average Bonchev–Trinajstić information content (AvgIpc) is 2.80. The topological polar surface area (TPSA) is 9.23 Å². The first-order valence-corrected chi connectivity index (χ1v) is 6.85. The monoisotopic (exact) mass is 230 g/mol. The van der Waals surface area contributed by atoms with Crippen LogP contribution < -0.4 is 4.74 Å². The van der Waals surface area contributed by atoms with Crippen LogP contribution in [-0.4, -0.2) is 5.60 Å². The highest BCUT2D eigenvalue weighted by molar-refractivity contribution is 5.53. The second-order valence-electron chi connectivity index (χ2n) is 6.10. The van der Waals surface area contributed by atoms with Gasteiger partial charge in [0.2, 0.25) is 0 Å². The molecule has 1 aliphatic carbocycles. The molecule has 0 radical (unpaired) electrons. The largest absolute Gasteiger partial charge is 0.486 e. The van der Waals surface area contributed by atoms with Gasteiger partial charge in [-0.3, -0.25) is 0 Å². The molecule has 0 unspecified atom stereocenters. The minimum Gasteiger partial charge on any atom is -0.486 e. The molecule has 0 saturated heterocycles. The average molecular weight is 230 g/mol. The van der Waals surface area contributed by atoms with Gasteiger partial charge in [-0.05, 0) is 50.2 Å². The van der Waals surface area contributed by atoms with Gasteiger partial charge in [0.15, 0.2) is 0 Å². The van der Waals surface area contributed by atoms with Crippen LogP contribution in [0.2, 0.25) is 0 Å². The standard InChI is InChI=1S/C16H22O/c1-10(2)16-9-5-6-13(16)14-11(3)7-8-12(4)15(14)17-16/h7-8,10,13H,5-6,9H2,1-4H3/t13-,16+/m1/s1. The molecule has 3 rings (SSSR count). The Balaban J connectivity index is 2.18. The van der Waals surface area contributed by atoms with Gasteiger partial charge in [0.05, 0.1) is 0 Å². The van der Waals surface area contributed by atoms with E-state index in [1.54, 1.807) is 0 Å². The number of benzene rings is 1. The second-order valence-corrected chi connectivity index (χ2v) is 6.10. The van der Waals surface area contributed by atoms with Crippen LogP contribution in [0.3, 0.4) is 0 Å². The van der Waals surface area contributed by atoms with Gasteiger partial charge in [-0.2, -0.15) is 0 Å². The molecule has 92 valence electrons. The molecule has 17 heavy (non-hydrogen) atoms. The molecule has 1 aromatic carbocycles. The summed E-state index contributed by atoms with van der Waals surface area (Å²) in [6.07, 6.45) is 3.84. The van der Waals surface area contributed by atoms with E-state index in [9.17, 15) is 0 Å². The minimum absolute atomic E-state index is 0.0964. The SMILES string of the molecule is Cc1ccc(C)c2c1O[C@]1(C(C)C)CCC[C@H]21. The van der Waals surface area contributed by atoms with Crippen molar-refractivity contribution < 1.29 is 4.74 Å². The maximum absolute atomic E-state index is 6.49. The molecule has 1 aromatic rings. The summed E-state index contributed by atoms with van der Waals surface area (Å²) in [7, 11) is 0.